The van der Waals surface area contributed by atoms with Gasteiger partial charge in [-0.1, -0.05) is 23.7 Å². The van der Waals surface area contributed by atoms with Crippen LogP contribution in [0.4, 0.5) is 0 Å². The maximum Gasteiger partial charge on any atom is 0.327 e. The molecular weight excluding hydrogens is 352 g/mol. The molecule has 9 heteroatoms. The number of thiazole rings is 1. The molecule has 0 atom stereocenters. The molecule has 0 bridgehead atoms. The van der Waals surface area contributed by atoms with E-state index in [9.17, 15) is 14.4 Å². The molecule has 24 heavy (non-hydrogen) atoms. The molecule has 2 aromatic rings. The van der Waals surface area contributed by atoms with Gasteiger partial charge in [0.15, 0.2) is 0 Å². The second kappa shape index (κ2) is 6.98. The average Bonchev–Trinajstić information content (AvgIpc) is 3.25. The fraction of sp³-hybridized carbons (Fsp3) is 0.200. The fourth-order valence-electron chi connectivity index (χ4n) is 1.82. The highest BCUT2D eigenvalue weighted by Gasteiger charge is 2.26. The summed E-state index contributed by atoms with van der Waals surface area (Å²) in [6.45, 7) is 0. The van der Waals surface area contributed by atoms with Gasteiger partial charge in [-0.15, -0.1) is 11.3 Å². The van der Waals surface area contributed by atoms with Crippen molar-refractivity contribution >= 4 is 40.7 Å². The monoisotopic (exact) mass is 364 g/mol. The molecule has 1 fully saturated rings. The van der Waals surface area contributed by atoms with E-state index in [0.717, 1.165) is 18.4 Å². The van der Waals surface area contributed by atoms with E-state index in [1.165, 1.54) is 11.3 Å². The number of aromatic nitrogens is 1. The van der Waals surface area contributed by atoms with Crippen molar-refractivity contribution in [2.24, 2.45) is 0 Å². The summed E-state index contributed by atoms with van der Waals surface area (Å²) in [6, 6.07) is 7.13. The smallest absolute Gasteiger partial charge is 0.327 e. The minimum absolute atomic E-state index is 0.0689. The highest BCUT2D eigenvalue weighted by molar-refractivity contribution is 7.13. The number of hydrogen-bond donors (Lipinski definition) is 3. The van der Waals surface area contributed by atoms with Crippen LogP contribution < -0.4 is 16.2 Å². The molecule has 0 aliphatic heterocycles. The Morgan fingerprint density at radius 1 is 1.08 bits per heavy atom. The molecule has 1 heterocycles. The second-order valence-electron chi connectivity index (χ2n) is 5.20. The number of carbonyl (C=O) groups excluding carboxylic acids is 3. The van der Waals surface area contributed by atoms with Gasteiger partial charge in [-0.3, -0.25) is 25.2 Å². The Morgan fingerprint density at radius 3 is 2.46 bits per heavy atom. The normalized spacial score (nSPS) is 13.2. The molecule has 0 radical (unpaired) electrons. The van der Waals surface area contributed by atoms with Gasteiger partial charge in [-0.25, -0.2) is 4.98 Å². The molecule has 1 aromatic heterocycles. The standard InChI is InChI=1S/C15H13ClN4O3S/c16-9-3-1-8(2-4-9)15-18-11(7-24-15)12(21)19-20-14(23)13(22)17-10-5-6-10/h1-4,7,10H,5-6H2,(H,17,22)(H,19,21)(H,20,23). The van der Waals surface area contributed by atoms with Crippen LogP contribution in [0.1, 0.15) is 23.3 Å². The molecule has 7 nitrogen and oxygen atoms in total. The van der Waals surface area contributed by atoms with Crippen LogP contribution in [-0.4, -0.2) is 28.7 Å². The Bertz CT molecular complexity index is 786. The van der Waals surface area contributed by atoms with Gasteiger partial charge in [-0.2, -0.15) is 0 Å². The highest BCUT2D eigenvalue weighted by Crippen LogP contribution is 2.25. The van der Waals surface area contributed by atoms with Gasteiger partial charge in [-0.05, 0) is 25.0 Å². The van der Waals surface area contributed by atoms with E-state index in [-0.39, 0.29) is 11.7 Å². The van der Waals surface area contributed by atoms with E-state index in [2.05, 4.69) is 21.2 Å². The lowest BCUT2D eigenvalue weighted by molar-refractivity contribution is -0.139. The largest absolute Gasteiger partial charge is 0.345 e. The minimum Gasteiger partial charge on any atom is -0.345 e. The van der Waals surface area contributed by atoms with Crippen LogP contribution >= 0.6 is 22.9 Å². The zero-order valence-corrected chi connectivity index (χ0v) is 13.9. The lowest BCUT2D eigenvalue weighted by Gasteiger charge is -2.05. The van der Waals surface area contributed by atoms with Crippen LogP contribution in [0.15, 0.2) is 29.6 Å². The fourth-order valence-corrected chi connectivity index (χ4v) is 2.75. The van der Waals surface area contributed by atoms with Crippen LogP contribution in [0.2, 0.25) is 5.02 Å². The SMILES string of the molecule is O=C(NNC(=O)c1csc(-c2ccc(Cl)cc2)n1)C(=O)NC1CC1. The number of carbonyl (C=O) groups is 3. The zero-order chi connectivity index (χ0) is 17.1. The first kappa shape index (κ1) is 16.4. The predicted octanol–water partition coefficient (Wildman–Crippen LogP) is 1.50. The van der Waals surface area contributed by atoms with Crippen molar-refractivity contribution in [3.63, 3.8) is 0 Å². The molecule has 1 saturated carbocycles. The molecule has 124 valence electrons. The lowest BCUT2D eigenvalue weighted by atomic mass is 10.2. The third-order valence-electron chi connectivity index (χ3n) is 3.24. The zero-order valence-electron chi connectivity index (χ0n) is 12.3. The van der Waals surface area contributed by atoms with Gasteiger partial charge in [0.1, 0.15) is 10.7 Å². The predicted molar refractivity (Wildman–Crippen MR) is 89.3 cm³/mol. The maximum absolute atomic E-state index is 12.0. The van der Waals surface area contributed by atoms with E-state index in [1.54, 1.807) is 29.6 Å². The van der Waals surface area contributed by atoms with E-state index >= 15 is 0 Å². The first-order chi connectivity index (χ1) is 11.5. The molecule has 0 spiro atoms. The number of nitrogens with one attached hydrogen (secondary N) is 3. The van der Waals surface area contributed by atoms with Gasteiger partial charge in [0.25, 0.3) is 5.91 Å². The summed E-state index contributed by atoms with van der Waals surface area (Å²) in [5.41, 5.74) is 5.21. The van der Waals surface area contributed by atoms with Crippen molar-refractivity contribution in [2.45, 2.75) is 18.9 Å². The molecule has 3 N–H and O–H groups in total. The lowest BCUT2D eigenvalue weighted by Crippen LogP contribution is -2.49. The molecule has 3 rings (SSSR count). The average molecular weight is 365 g/mol. The quantitative estimate of drug-likeness (QED) is 0.567. The van der Waals surface area contributed by atoms with Crippen LogP contribution in [0.3, 0.4) is 0 Å². The van der Waals surface area contributed by atoms with Gasteiger partial charge < -0.3 is 5.32 Å². The summed E-state index contributed by atoms with van der Waals surface area (Å²) < 4.78 is 0. The number of hydrazine groups is 1. The van der Waals surface area contributed by atoms with Crippen molar-refractivity contribution in [3.05, 3.63) is 40.4 Å². The van der Waals surface area contributed by atoms with Crippen LogP contribution in [-0.2, 0) is 9.59 Å². The van der Waals surface area contributed by atoms with E-state index in [4.69, 9.17) is 11.6 Å². The third kappa shape index (κ3) is 4.09. The minimum atomic E-state index is -0.914. The Morgan fingerprint density at radius 2 is 1.79 bits per heavy atom. The number of amides is 3. The van der Waals surface area contributed by atoms with Crippen molar-refractivity contribution < 1.29 is 14.4 Å². The van der Waals surface area contributed by atoms with Crippen molar-refractivity contribution in [3.8, 4) is 10.6 Å². The summed E-state index contributed by atoms with van der Waals surface area (Å²) in [5.74, 6) is -2.28. The van der Waals surface area contributed by atoms with Crippen LogP contribution in [0.5, 0.6) is 0 Å². The highest BCUT2D eigenvalue weighted by atomic mass is 35.5. The summed E-state index contributed by atoms with van der Waals surface area (Å²) in [4.78, 5) is 39.2. The molecule has 1 aliphatic rings. The number of halogens is 1. The van der Waals surface area contributed by atoms with E-state index in [1.807, 2.05) is 0 Å². The maximum atomic E-state index is 12.0. The Hall–Kier alpha value is -2.45. The van der Waals surface area contributed by atoms with Crippen LogP contribution in [0.25, 0.3) is 10.6 Å². The Balaban J connectivity index is 1.56. The van der Waals surface area contributed by atoms with Gasteiger partial charge in [0.05, 0.1) is 0 Å². The Kier molecular flexibility index (Phi) is 4.77. The summed E-state index contributed by atoms with van der Waals surface area (Å²) in [6.07, 6.45) is 1.75. The van der Waals surface area contributed by atoms with E-state index in [0.29, 0.717) is 10.0 Å². The number of benzene rings is 1. The van der Waals surface area contributed by atoms with Crippen LogP contribution in [0, 0.1) is 0 Å². The molecule has 1 aromatic carbocycles. The molecule has 0 saturated heterocycles. The van der Waals surface area contributed by atoms with Crippen molar-refractivity contribution in [1.29, 1.82) is 0 Å². The molecule has 3 amide bonds. The summed E-state index contributed by atoms with van der Waals surface area (Å²) in [7, 11) is 0. The topological polar surface area (TPSA) is 100 Å². The Labute approximate surface area is 146 Å². The molecular formula is C15H13ClN4O3S. The van der Waals surface area contributed by atoms with E-state index < -0.39 is 17.7 Å². The number of rotatable bonds is 3. The first-order valence-electron chi connectivity index (χ1n) is 7.15. The molecule has 0 unspecified atom stereocenters. The second-order valence-corrected chi connectivity index (χ2v) is 6.50. The third-order valence-corrected chi connectivity index (χ3v) is 4.38. The van der Waals surface area contributed by atoms with Crippen molar-refractivity contribution in [1.82, 2.24) is 21.2 Å². The number of nitrogens with zero attached hydrogens (tertiary/aromatic N) is 1. The summed E-state index contributed by atoms with van der Waals surface area (Å²) >= 11 is 7.12. The first-order valence-corrected chi connectivity index (χ1v) is 8.41. The van der Waals surface area contributed by atoms with Gasteiger partial charge >= 0.3 is 11.8 Å². The van der Waals surface area contributed by atoms with Crippen molar-refractivity contribution in [2.75, 3.05) is 0 Å². The number of hydrogen-bond acceptors (Lipinski definition) is 5. The van der Waals surface area contributed by atoms with Gasteiger partial charge in [0.2, 0.25) is 0 Å². The van der Waals surface area contributed by atoms with Gasteiger partial charge in [0, 0.05) is 22.0 Å². The summed E-state index contributed by atoms with van der Waals surface area (Å²) in [5, 5.41) is 5.35. The molecule has 1 aliphatic carbocycles.